The maximum absolute atomic E-state index is 13.3. The van der Waals surface area contributed by atoms with E-state index in [1.807, 2.05) is 6.08 Å². The first-order chi connectivity index (χ1) is 44.3. The summed E-state index contributed by atoms with van der Waals surface area (Å²) in [4.78, 5) is 13.3. The van der Waals surface area contributed by atoms with Crippen LogP contribution in [-0.4, -0.2) is 193 Å². The highest BCUT2D eigenvalue weighted by molar-refractivity contribution is 5.76. The zero-order valence-electron chi connectivity index (χ0n) is 56.3. The van der Waals surface area contributed by atoms with Crippen molar-refractivity contribution in [2.24, 2.45) is 0 Å². The number of aliphatic hydroxyl groups excluding tert-OH is 11. The Morgan fingerprint density at radius 1 is 0.396 bits per heavy atom. The molecule has 0 saturated carbocycles. The third kappa shape index (κ3) is 35.5. The molecule has 3 rings (SSSR count). The Bertz CT molecular complexity index is 1840. The first-order valence-electron chi connectivity index (χ1n) is 36.4. The SMILES string of the molecule is CCCCC/C=C/CC/C=C/C(O)C(COC1OC(CO)C(OC2OC(CO)C(OC3OC(CO)C(O)C(O)C3O)C(O)C2O)C(O)C1O)NC(=O)CCCCCCCCCCCCCCCCCCCCCCCCCCC/C=C\C/C=C\CCCCCCC. The first kappa shape index (κ1) is 83.0. The number of carbonyl (C=O) groups is 1. The summed E-state index contributed by atoms with van der Waals surface area (Å²) < 4.78 is 34.2. The van der Waals surface area contributed by atoms with Crippen LogP contribution in [0.5, 0.6) is 0 Å². The van der Waals surface area contributed by atoms with Crippen LogP contribution >= 0.6 is 0 Å². The lowest BCUT2D eigenvalue weighted by Gasteiger charge is -2.48. The largest absolute Gasteiger partial charge is 0.394 e. The van der Waals surface area contributed by atoms with Gasteiger partial charge in [0, 0.05) is 6.42 Å². The van der Waals surface area contributed by atoms with Gasteiger partial charge in [0.2, 0.25) is 5.91 Å². The molecular weight excluding hydrogens is 1170 g/mol. The van der Waals surface area contributed by atoms with Crippen molar-refractivity contribution in [2.75, 3.05) is 26.4 Å². The molecule has 3 saturated heterocycles. The quantitative estimate of drug-likeness (QED) is 0.0199. The third-order valence-corrected chi connectivity index (χ3v) is 18.1. The van der Waals surface area contributed by atoms with Crippen LogP contribution in [0.15, 0.2) is 48.6 Å². The summed E-state index contributed by atoms with van der Waals surface area (Å²) in [5.41, 5.74) is 0. The molecule has 0 aliphatic carbocycles. The van der Waals surface area contributed by atoms with Gasteiger partial charge >= 0.3 is 0 Å². The Kier molecular flexibility index (Phi) is 49.1. The van der Waals surface area contributed by atoms with Crippen molar-refractivity contribution in [3.05, 3.63) is 48.6 Å². The monoisotopic (exact) mass is 1300 g/mol. The van der Waals surface area contributed by atoms with Crippen LogP contribution in [0.1, 0.15) is 271 Å². The summed E-state index contributed by atoms with van der Waals surface area (Å²) in [6, 6.07) is -0.987. The van der Waals surface area contributed by atoms with Crippen LogP contribution in [0.3, 0.4) is 0 Å². The summed E-state index contributed by atoms with van der Waals surface area (Å²) in [6.07, 6.45) is 38.8. The minimum Gasteiger partial charge on any atom is -0.394 e. The van der Waals surface area contributed by atoms with Crippen molar-refractivity contribution < 1.29 is 89.4 Å². The zero-order chi connectivity index (χ0) is 66.1. The van der Waals surface area contributed by atoms with E-state index in [0.29, 0.717) is 12.8 Å². The number of hydrogen-bond donors (Lipinski definition) is 12. The van der Waals surface area contributed by atoms with Gasteiger partial charge in [0.05, 0.1) is 38.6 Å². The summed E-state index contributed by atoms with van der Waals surface area (Å²) in [5.74, 6) is -0.285. The molecule has 0 spiro atoms. The highest BCUT2D eigenvalue weighted by atomic mass is 16.8. The number of unbranched alkanes of at least 4 members (excludes halogenated alkanes) is 34. The van der Waals surface area contributed by atoms with Gasteiger partial charge < -0.3 is 89.9 Å². The van der Waals surface area contributed by atoms with Crippen molar-refractivity contribution in [1.82, 2.24) is 5.32 Å². The zero-order valence-corrected chi connectivity index (χ0v) is 56.3. The smallest absolute Gasteiger partial charge is 0.220 e. The van der Waals surface area contributed by atoms with Gasteiger partial charge in [-0.15, -0.1) is 0 Å². The maximum atomic E-state index is 13.3. The molecule has 3 heterocycles. The molecule has 0 aromatic rings. The second kappa shape index (κ2) is 53.8. The molecule has 91 heavy (non-hydrogen) atoms. The van der Waals surface area contributed by atoms with E-state index in [0.717, 1.165) is 51.4 Å². The molecule has 3 aliphatic rings. The van der Waals surface area contributed by atoms with Gasteiger partial charge in [0.15, 0.2) is 18.9 Å². The summed E-state index contributed by atoms with van der Waals surface area (Å²) in [5, 5.41) is 120. The maximum Gasteiger partial charge on any atom is 0.220 e. The van der Waals surface area contributed by atoms with E-state index in [1.54, 1.807) is 6.08 Å². The molecule has 0 bridgehead atoms. The molecule has 0 aromatic carbocycles. The Hall–Kier alpha value is -2.25. The summed E-state index contributed by atoms with van der Waals surface area (Å²) >= 11 is 0. The Morgan fingerprint density at radius 3 is 1.19 bits per heavy atom. The van der Waals surface area contributed by atoms with E-state index >= 15 is 0 Å². The van der Waals surface area contributed by atoms with Crippen molar-refractivity contribution in [1.29, 1.82) is 0 Å². The third-order valence-electron chi connectivity index (χ3n) is 18.1. The van der Waals surface area contributed by atoms with E-state index < -0.39 is 124 Å². The van der Waals surface area contributed by atoms with Gasteiger partial charge in [-0.25, -0.2) is 0 Å². The van der Waals surface area contributed by atoms with Crippen molar-refractivity contribution >= 4 is 5.91 Å². The molecule has 17 unspecified atom stereocenters. The van der Waals surface area contributed by atoms with Gasteiger partial charge in [0.25, 0.3) is 0 Å². The first-order valence-corrected chi connectivity index (χ1v) is 36.4. The lowest BCUT2D eigenvalue weighted by Crippen LogP contribution is -2.66. The fraction of sp³-hybridized carbons (Fsp3) is 0.875. The number of nitrogens with one attached hydrogen (secondary N) is 1. The van der Waals surface area contributed by atoms with Gasteiger partial charge in [-0.2, -0.15) is 0 Å². The van der Waals surface area contributed by atoms with E-state index in [1.165, 1.54) is 186 Å². The molecule has 12 N–H and O–H groups in total. The number of ether oxygens (including phenoxy) is 6. The normalized spacial score (nSPS) is 28.1. The standard InChI is InChI=1S/C72H131NO18/c1-3-5-7-9-11-13-14-15-16-17-18-19-20-21-22-23-24-25-26-27-28-29-30-31-32-33-34-35-36-37-38-39-40-42-44-46-48-50-60(78)73-55(56(77)49-47-45-43-41-12-10-8-6-4-2)54-86-70-66(84)63(81)68(58(52-75)88-70)91-72-67(85)64(82)69(59(53-76)89-72)90-71-65(83)62(80)61(79)57(51-74)87-71/h12,14-15,17-18,41,47,49,55-59,61-72,74-77,79-85H,3-11,13,16,19-40,42-46,48,50-54H2,1-2H3,(H,73,78)/b15-14-,18-17-,41-12+,49-47+. The minimum absolute atomic E-state index is 0.238. The minimum atomic E-state index is -1.98. The van der Waals surface area contributed by atoms with E-state index in [2.05, 4.69) is 55.6 Å². The van der Waals surface area contributed by atoms with Gasteiger partial charge in [-0.1, -0.05) is 249 Å². The van der Waals surface area contributed by atoms with Gasteiger partial charge in [-0.3, -0.25) is 4.79 Å². The van der Waals surface area contributed by atoms with Crippen LogP contribution in [0.25, 0.3) is 0 Å². The predicted molar refractivity (Wildman–Crippen MR) is 356 cm³/mol. The average Bonchev–Trinajstić information content (AvgIpc) is 0.878. The van der Waals surface area contributed by atoms with E-state index in [4.69, 9.17) is 28.4 Å². The van der Waals surface area contributed by atoms with Gasteiger partial charge in [-0.05, 0) is 64.2 Å². The number of amides is 1. The summed E-state index contributed by atoms with van der Waals surface area (Å²) in [6.45, 7) is 1.65. The molecule has 17 atom stereocenters. The van der Waals surface area contributed by atoms with E-state index in [-0.39, 0.29) is 18.9 Å². The Labute approximate surface area is 548 Å². The second-order valence-corrected chi connectivity index (χ2v) is 26.0. The number of carbonyl (C=O) groups excluding carboxylic acids is 1. The Morgan fingerprint density at radius 2 is 0.736 bits per heavy atom. The van der Waals surface area contributed by atoms with Crippen LogP contribution in [0, 0.1) is 0 Å². The molecule has 3 fully saturated rings. The van der Waals surface area contributed by atoms with Crippen molar-refractivity contribution in [3.8, 4) is 0 Å². The number of aliphatic hydroxyl groups is 11. The fourth-order valence-corrected chi connectivity index (χ4v) is 12.2. The molecule has 1 amide bonds. The number of rotatable bonds is 56. The topological polar surface area (TPSA) is 307 Å². The molecular formula is C72H131NO18. The predicted octanol–water partition coefficient (Wildman–Crippen LogP) is 10.2. The Balaban J connectivity index is 1.27. The lowest BCUT2D eigenvalue weighted by atomic mass is 9.96. The molecule has 0 radical (unpaired) electrons. The molecule has 19 nitrogen and oxygen atoms in total. The van der Waals surface area contributed by atoms with Crippen LogP contribution in [0.4, 0.5) is 0 Å². The van der Waals surface area contributed by atoms with Crippen LogP contribution in [0.2, 0.25) is 0 Å². The van der Waals surface area contributed by atoms with E-state index in [9.17, 15) is 61.0 Å². The lowest BCUT2D eigenvalue weighted by molar-refractivity contribution is -0.379. The highest BCUT2D eigenvalue weighted by Gasteiger charge is 2.53. The van der Waals surface area contributed by atoms with Crippen LogP contribution in [-0.2, 0) is 33.2 Å². The highest BCUT2D eigenvalue weighted by Crippen LogP contribution is 2.33. The second-order valence-electron chi connectivity index (χ2n) is 26.0. The number of hydrogen-bond acceptors (Lipinski definition) is 18. The van der Waals surface area contributed by atoms with Crippen molar-refractivity contribution in [3.63, 3.8) is 0 Å². The summed E-state index contributed by atoms with van der Waals surface area (Å²) in [7, 11) is 0. The molecule has 0 aromatic heterocycles. The molecule has 19 heteroatoms. The average molecular weight is 1300 g/mol. The fourth-order valence-electron chi connectivity index (χ4n) is 12.2. The van der Waals surface area contributed by atoms with Gasteiger partial charge in [0.1, 0.15) is 73.2 Å². The molecule has 3 aliphatic heterocycles. The van der Waals surface area contributed by atoms with Crippen molar-refractivity contribution in [2.45, 2.75) is 375 Å². The molecule has 532 valence electrons. The number of allylic oxidation sites excluding steroid dienone is 7. The van der Waals surface area contributed by atoms with Crippen LogP contribution < -0.4 is 5.32 Å².